The summed E-state index contributed by atoms with van der Waals surface area (Å²) in [6.07, 6.45) is 10.0. The standard InChI is InChI=1S/C14H23NO2/c1-16-12-6-8-14(9-7-12)17-13-4-2-11(10-15)3-5-13/h11-14H,2-9H2,1H3. The molecule has 0 aromatic heterocycles. The monoisotopic (exact) mass is 237 g/mol. The number of nitriles is 1. The van der Waals surface area contributed by atoms with Gasteiger partial charge in [0, 0.05) is 13.0 Å². The molecule has 0 bridgehead atoms. The lowest BCUT2D eigenvalue weighted by Gasteiger charge is -2.33. The van der Waals surface area contributed by atoms with Gasteiger partial charge >= 0.3 is 0 Å². The van der Waals surface area contributed by atoms with Gasteiger partial charge in [-0.1, -0.05) is 0 Å². The van der Waals surface area contributed by atoms with Crippen LogP contribution in [0.1, 0.15) is 51.4 Å². The van der Waals surface area contributed by atoms with E-state index in [9.17, 15) is 0 Å². The van der Waals surface area contributed by atoms with Gasteiger partial charge in [0.25, 0.3) is 0 Å². The summed E-state index contributed by atoms with van der Waals surface area (Å²) in [5, 5.41) is 8.85. The second-order valence-corrected chi connectivity index (χ2v) is 5.37. The Labute approximate surface area is 104 Å². The molecule has 0 aromatic rings. The van der Waals surface area contributed by atoms with Gasteiger partial charge in [-0.05, 0) is 51.4 Å². The summed E-state index contributed by atoms with van der Waals surface area (Å²) in [6, 6.07) is 2.37. The van der Waals surface area contributed by atoms with Gasteiger partial charge in [0.2, 0.25) is 0 Å². The van der Waals surface area contributed by atoms with Crippen LogP contribution in [0.15, 0.2) is 0 Å². The van der Waals surface area contributed by atoms with Gasteiger partial charge in [0.1, 0.15) is 0 Å². The van der Waals surface area contributed by atoms with E-state index in [0.717, 1.165) is 51.4 Å². The fourth-order valence-electron chi connectivity index (χ4n) is 3.00. The molecule has 0 N–H and O–H groups in total. The summed E-state index contributed by atoms with van der Waals surface area (Å²) in [5.41, 5.74) is 0. The van der Waals surface area contributed by atoms with Crippen LogP contribution in [0.3, 0.4) is 0 Å². The quantitative estimate of drug-likeness (QED) is 0.757. The zero-order chi connectivity index (χ0) is 12.1. The minimum atomic E-state index is 0.277. The first kappa shape index (κ1) is 12.9. The Hall–Kier alpha value is -0.590. The molecule has 0 unspecified atom stereocenters. The van der Waals surface area contributed by atoms with Gasteiger partial charge in [0.15, 0.2) is 0 Å². The maximum Gasteiger partial charge on any atom is 0.0655 e. The third-order valence-corrected chi connectivity index (χ3v) is 4.20. The second-order valence-electron chi connectivity index (χ2n) is 5.37. The molecule has 2 rings (SSSR count). The zero-order valence-corrected chi connectivity index (χ0v) is 10.7. The van der Waals surface area contributed by atoms with E-state index in [1.54, 1.807) is 7.11 Å². The molecule has 0 amide bonds. The van der Waals surface area contributed by atoms with Crippen LogP contribution < -0.4 is 0 Å². The van der Waals surface area contributed by atoms with Gasteiger partial charge in [-0.3, -0.25) is 0 Å². The normalized spacial score (nSPS) is 38.6. The van der Waals surface area contributed by atoms with Crippen molar-refractivity contribution in [3.63, 3.8) is 0 Å². The summed E-state index contributed by atoms with van der Waals surface area (Å²) >= 11 is 0. The molecule has 17 heavy (non-hydrogen) atoms. The smallest absolute Gasteiger partial charge is 0.0655 e. The Morgan fingerprint density at radius 3 is 1.76 bits per heavy atom. The Morgan fingerprint density at radius 1 is 0.824 bits per heavy atom. The van der Waals surface area contributed by atoms with Gasteiger partial charge in [-0.15, -0.1) is 0 Å². The highest BCUT2D eigenvalue weighted by Crippen LogP contribution is 2.30. The van der Waals surface area contributed by atoms with E-state index in [-0.39, 0.29) is 5.92 Å². The molecule has 0 atom stereocenters. The predicted molar refractivity (Wildman–Crippen MR) is 65.5 cm³/mol. The highest BCUT2D eigenvalue weighted by atomic mass is 16.5. The molecule has 2 aliphatic carbocycles. The molecular weight excluding hydrogens is 214 g/mol. The summed E-state index contributed by atoms with van der Waals surface area (Å²) in [5.74, 6) is 0.277. The Morgan fingerprint density at radius 2 is 1.29 bits per heavy atom. The number of hydrogen-bond donors (Lipinski definition) is 0. The zero-order valence-electron chi connectivity index (χ0n) is 10.7. The number of rotatable bonds is 3. The van der Waals surface area contributed by atoms with Crippen LogP contribution in [0.25, 0.3) is 0 Å². The lowest BCUT2D eigenvalue weighted by atomic mass is 9.88. The van der Waals surface area contributed by atoms with Crippen molar-refractivity contribution in [1.82, 2.24) is 0 Å². The van der Waals surface area contributed by atoms with Crippen molar-refractivity contribution in [2.45, 2.75) is 69.7 Å². The first-order valence-electron chi connectivity index (χ1n) is 6.89. The van der Waals surface area contributed by atoms with E-state index in [1.807, 2.05) is 0 Å². The van der Waals surface area contributed by atoms with Crippen LogP contribution in [-0.2, 0) is 9.47 Å². The van der Waals surface area contributed by atoms with E-state index in [2.05, 4.69) is 6.07 Å². The van der Waals surface area contributed by atoms with Gasteiger partial charge in [-0.2, -0.15) is 5.26 Å². The van der Waals surface area contributed by atoms with Crippen molar-refractivity contribution in [3.8, 4) is 6.07 Å². The van der Waals surface area contributed by atoms with Crippen LogP contribution in [0, 0.1) is 17.2 Å². The maximum atomic E-state index is 8.85. The fraction of sp³-hybridized carbons (Fsp3) is 0.929. The summed E-state index contributed by atoms with van der Waals surface area (Å²) < 4.78 is 11.5. The second kappa shape index (κ2) is 6.37. The van der Waals surface area contributed by atoms with Gasteiger partial charge in [-0.25, -0.2) is 0 Å². The minimum Gasteiger partial charge on any atom is -0.381 e. The lowest BCUT2D eigenvalue weighted by Crippen LogP contribution is -2.31. The van der Waals surface area contributed by atoms with Crippen LogP contribution >= 0.6 is 0 Å². The Kier molecular flexibility index (Phi) is 4.82. The summed E-state index contributed by atoms with van der Waals surface area (Å²) in [4.78, 5) is 0. The predicted octanol–water partition coefficient (Wildman–Crippen LogP) is 3.04. The number of nitrogens with zero attached hydrogens (tertiary/aromatic N) is 1. The van der Waals surface area contributed by atoms with Gasteiger partial charge in [0.05, 0.1) is 24.4 Å². The minimum absolute atomic E-state index is 0.277. The lowest BCUT2D eigenvalue weighted by molar-refractivity contribution is -0.0677. The number of ether oxygens (including phenoxy) is 2. The molecule has 3 nitrogen and oxygen atoms in total. The third-order valence-electron chi connectivity index (χ3n) is 4.20. The largest absolute Gasteiger partial charge is 0.381 e. The Balaban J connectivity index is 1.67. The molecule has 0 saturated heterocycles. The highest BCUT2D eigenvalue weighted by Gasteiger charge is 2.27. The van der Waals surface area contributed by atoms with Crippen molar-refractivity contribution in [2.24, 2.45) is 5.92 Å². The first-order chi connectivity index (χ1) is 8.31. The molecule has 0 aliphatic heterocycles. The molecule has 2 aliphatic rings. The molecule has 0 radical (unpaired) electrons. The van der Waals surface area contributed by atoms with Crippen molar-refractivity contribution in [1.29, 1.82) is 5.26 Å². The molecule has 2 saturated carbocycles. The van der Waals surface area contributed by atoms with Crippen LogP contribution in [0.4, 0.5) is 0 Å². The molecule has 0 spiro atoms. The molecular formula is C14H23NO2. The maximum absolute atomic E-state index is 8.85. The Bertz CT molecular complexity index is 258. The van der Waals surface area contributed by atoms with E-state index in [0.29, 0.717) is 18.3 Å². The van der Waals surface area contributed by atoms with Crippen molar-refractivity contribution in [3.05, 3.63) is 0 Å². The third kappa shape index (κ3) is 3.69. The summed E-state index contributed by atoms with van der Waals surface area (Å²) in [6.45, 7) is 0. The summed E-state index contributed by atoms with van der Waals surface area (Å²) in [7, 11) is 1.80. The van der Waals surface area contributed by atoms with E-state index in [4.69, 9.17) is 14.7 Å². The molecule has 96 valence electrons. The van der Waals surface area contributed by atoms with Crippen molar-refractivity contribution < 1.29 is 9.47 Å². The average Bonchev–Trinajstić information content (AvgIpc) is 2.40. The molecule has 3 heteroatoms. The first-order valence-corrected chi connectivity index (χ1v) is 6.89. The molecule has 0 heterocycles. The molecule has 0 aromatic carbocycles. The van der Waals surface area contributed by atoms with Crippen LogP contribution in [-0.4, -0.2) is 25.4 Å². The van der Waals surface area contributed by atoms with Crippen LogP contribution in [0.5, 0.6) is 0 Å². The van der Waals surface area contributed by atoms with Crippen molar-refractivity contribution in [2.75, 3.05) is 7.11 Å². The van der Waals surface area contributed by atoms with Crippen LogP contribution in [0.2, 0.25) is 0 Å². The number of hydrogen-bond acceptors (Lipinski definition) is 3. The van der Waals surface area contributed by atoms with E-state index < -0.39 is 0 Å². The molecule has 2 fully saturated rings. The van der Waals surface area contributed by atoms with Crippen molar-refractivity contribution >= 4 is 0 Å². The van der Waals surface area contributed by atoms with Gasteiger partial charge < -0.3 is 9.47 Å². The van der Waals surface area contributed by atoms with E-state index >= 15 is 0 Å². The fourth-order valence-corrected chi connectivity index (χ4v) is 3.00. The number of methoxy groups -OCH3 is 1. The average molecular weight is 237 g/mol. The van der Waals surface area contributed by atoms with E-state index in [1.165, 1.54) is 0 Å². The SMILES string of the molecule is COC1CCC(OC2CCC(C#N)CC2)CC1. The topological polar surface area (TPSA) is 42.2 Å². The highest BCUT2D eigenvalue weighted by molar-refractivity contribution is 4.88.